The van der Waals surface area contributed by atoms with Crippen molar-refractivity contribution in [2.75, 3.05) is 6.61 Å². The second-order valence-electron chi connectivity index (χ2n) is 4.86. The summed E-state index contributed by atoms with van der Waals surface area (Å²) in [4.78, 5) is 4.27. The number of rotatable bonds is 4. The monoisotopic (exact) mass is 253 g/mol. The normalized spacial score (nSPS) is 28.3. The molecule has 1 saturated carbocycles. The maximum atomic E-state index is 6.28. The molecule has 0 radical (unpaired) electrons. The van der Waals surface area contributed by atoms with Crippen LogP contribution < -0.4 is 4.74 Å². The molecule has 0 aromatic carbocycles. The number of pyridine rings is 1. The number of hydrogen-bond acceptors (Lipinski definition) is 2. The van der Waals surface area contributed by atoms with Crippen molar-refractivity contribution in [2.24, 2.45) is 5.92 Å². The summed E-state index contributed by atoms with van der Waals surface area (Å²) in [6, 6.07) is 2.12. The zero-order chi connectivity index (χ0) is 12.3. The van der Waals surface area contributed by atoms with Gasteiger partial charge in [-0.1, -0.05) is 13.8 Å². The largest absolute Gasteiger partial charge is 0.492 e. The molecule has 0 N–H and O–H groups in total. The molecule has 1 aromatic heterocycles. The quantitative estimate of drug-likeness (QED) is 0.757. The van der Waals surface area contributed by atoms with E-state index < -0.39 is 0 Å². The fraction of sp³-hybridized carbons (Fsp3) is 0.643. The third kappa shape index (κ3) is 2.92. The summed E-state index contributed by atoms with van der Waals surface area (Å²) in [5.41, 5.74) is 1.27. The summed E-state index contributed by atoms with van der Waals surface area (Å²) < 4.78 is 5.62. The van der Waals surface area contributed by atoms with E-state index >= 15 is 0 Å². The van der Waals surface area contributed by atoms with Crippen LogP contribution in [0.2, 0.25) is 0 Å². The second kappa shape index (κ2) is 5.72. The van der Waals surface area contributed by atoms with Crippen molar-refractivity contribution < 1.29 is 4.74 Å². The fourth-order valence-corrected chi connectivity index (χ4v) is 2.83. The lowest BCUT2D eigenvalue weighted by molar-refractivity contribution is 0.315. The van der Waals surface area contributed by atoms with E-state index in [-0.39, 0.29) is 0 Å². The Kier molecular flexibility index (Phi) is 4.27. The molecule has 3 unspecified atom stereocenters. The third-order valence-corrected chi connectivity index (χ3v) is 4.21. The van der Waals surface area contributed by atoms with Gasteiger partial charge >= 0.3 is 0 Å². The Hall–Kier alpha value is -0.760. The molecule has 1 fully saturated rings. The number of aromatic nitrogens is 1. The van der Waals surface area contributed by atoms with Gasteiger partial charge in [0.2, 0.25) is 0 Å². The van der Waals surface area contributed by atoms with Gasteiger partial charge in [0.15, 0.2) is 0 Å². The molecule has 1 aromatic rings. The van der Waals surface area contributed by atoms with Crippen molar-refractivity contribution in [3.8, 4) is 5.75 Å². The summed E-state index contributed by atoms with van der Waals surface area (Å²) >= 11 is 6.28. The molecule has 17 heavy (non-hydrogen) atoms. The van der Waals surface area contributed by atoms with E-state index in [2.05, 4.69) is 24.9 Å². The van der Waals surface area contributed by atoms with E-state index in [1.165, 1.54) is 5.56 Å². The van der Waals surface area contributed by atoms with Crippen LogP contribution in [-0.4, -0.2) is 17.0 Å². The Balaban J connectivity index is 2.10. The molecule has 0 spiro atoms. The number of ether oxygens (including phenoxy) is 1. The van der Waals surface area contributed by atoms with E-state index in [1.807, 2.05) is 6.20 Å². The van der Waals surface area contributed by atoms with Crippen LogP contribution in [0.25, 0.3) is 0 Å². The first-order chi connectivity index (χ1) is 8.22. The van der Waals surface area contributed by atoms with Crippen LogP contribution >= 0.6 is 11.6 Å². The van der Waals surface area contributed by atoms with Crippen molar-refractivity contribution >= 4 is 11.6 Å². The first-order valence-electron chi connectivity index (χ1n) is 6.44. The summed E-state index contributed by atoms with van der Waals surface area (Å²) in [7, 11) is 0. The van der Waals surface area contributed by atoms with E-state index in [9.17, 15) is 0 Å². The molecule has 0 bridgehead atoms. The van der Waals surface area contributed by atoms with Crippen LogP contribution in [0.1, 0.15) is 44.6 Å². The lowest BCUT2D eigenvalue weighted by atomic mass is 9.91. The minimum atomic E-state index is 0.306. The van der Waals surface area contributed by atoms with Crippen molar-refractivity contribution in [3.05, 3.63) is 24.0 Å². The van der Waals surface area contributed by atoms with Gasteiger partial charge in [-0.2, -0.15) is 0 Å². The fourth-order valence-electron chi connectivity index (χ4n) is 2.52. The number of hydrogen-bond donors (Lipinski definition) is 0. The van der Waals surface area contributed by atoms with E-state index in [4.69, 9.17) is 16.3 Å². The molecular weight excluding hydrogens is 234 g/mol. The molecule has 2 nitrogen and oxygen atoms in total. The Labute approximate surface area is 108 Å². The van der Waals surface area contributed by atoms with Crippen LogP contribution in [0.5, 0.6) is 5.75 Å². The predicted molar refractivity (Wildman–Crippen MR) is 70.8 cm³/mol. The van der Waals surface area contributed by atoms with Crippen molar-refractivity contribution in [3.63, 3.8) is 0 Å². The Bertz CT molecular complexity index is 369. The smallest absolute Gasteiger partial charge is 0.137 e. The highest BCUT2D eigenvalue weighted by atomic mass is 35.5. The van der Waals surface area contributed by atoms with Crippen LogP contribution in [0.15, 0.2) is 18.5 Å². The molecule has 3 heteroatoms. The minimum absolute atomic E-state index is 0.306. The summed E-state index contributed by atoms with van der Waals surface area (Å²) in [6.45, 7) is 5.09. The molecule has 0 saturated heterocycles. The summed E-state index contributed by atoms with van der Waals surface area (Å²) in [6.07, 6.45) is 7.03. The summed E-state index contributed by atoms with van der Waals surface area (Å²) in [5, 5.41) is 0.306. The zero-order valence-electron chi connectivity index (χ0n) is 10.5. The first kappa shape index (κ1) is 12.7. The van der Waals surface area contributed by atoms with Gasteiger partial charge in [-0.3, -0.25) is 4.98 Å². The van der Waals surface area contributed by atoms with Crippen LogP contribution in [-0.2, 0) is 0 Å². The second-order valence-corrected chi connectivity index (χ2v) is 5.42. The van der Waals surface area contributed by atoms with E-state index in [1.54, 1.807) is 6.20 Å². The highest BCUT2D eigenvalue weighted by Crippen LogP contribution is 2.42. The predicted octanol–water partition coefficient (Wildman–Crippen LogP) is 3.99. The van der Waals surface area contributed by atoms with E-state index in [0.29, 0.717) is 17.2 Å². The van der Waals surface area contributed by atoms with Gasteiger partial charge in [-0.25, -0.2) is 0 Å². The van der Waals surface area contributed by atoms with Crippen molar-refractivity contribution in [1.82, 2.24) is 4.98 Å². The number of nitrogens with zero attached hydrogens (tertiary/aromatic N) is 1. The maximum absolute atomic E-state index is 6.28. The Morgan fingerprint density at radius 1 is 1.41 bits per heavy atom. The molecule has 3 atom stereocenters. The van der Waals surface area contributed by atoms with Crippen LogP contribution in [0.4, 0.5) is 0 Å². The van der Waals surface area contributed by atoms with Gasteiger partial charge in [0.25, 0.3) is 0 Å². The van der Waals surface area contributed by atoms with Gasteiger partial charge < -0.3 is 4.74 Å². The first-order valence-corrected chi connectivity index (χ1v) is 6.87. The van der Waals surface area contributed by atoms with Gasteiger partial charge in [0, 0.05) is 11.6 Å². The Morgan fingerprint density at radius 3 is 2.88 bits per heavy atom. The van der Waals surface area contributed by atoms with E-state index in [0.717, 1.165) is 31.6 Å². The lowest BCUT2D eigenvalue weighted by Crippen LogP contribution is -2.10. The molecule has 94 valence electrons. The van der Waals surface area contributed by atoms with Crippen LogP contribution in [0.3, 0.4) is 0 Å². The summed E-state index contributed by atoms with van der Waals surface area (Å²) in [5.74, 6) is 1.95. The molecule has 2 rings (SSSR count). The van der Waals surface area contributed by atoms with Crippen LogP contribution in [0, 0.1) is 5.92 Å². The molecular formula is C14H20ClNO. The van der Waals surface area contributed by atoms with Gasteiger partial charge in [-0.15, -0.1) is 11.6 Å². The minimum Gasteiger partial charge on any atom is -0.492 e. The zero-order valence-corrected chi connectivity index (χ0v) is 11.3. The topological polar surface area (TPSA) is 22.1 Å². The molecule has 0 amide bonds. The highest BCUT2D eigenvalue weighted by Gasteiger charge is 2.32. The average Bonchev–Trinajstić information content (AvgIpc) is 2.68. The van der Waals surface area contributed by atoms with Gasteiger partial charge in [0.05, 0.1) is 12.8 Å². The van der Waals surface area contributed by atoms with Crippen molar-refractivity contribution in [2.45, 2.75) is 44.4 Å². The number of halogens is 1. The highest BCUT2D eigenvalue weighted by molar-refractivity contribution is 6.21. The molecule has 0 aliphatic heterocycles. The van der Waals surface area contributed by atoms with Gasteiger partial charge in [0.1, 0.15) is 5.75 Å². The van der Waals surface area contributed by atoms with Gasteiger partial charge in [-0.05, 0) is 42.7 Å². The third-order valence-electron chi connectivity index (χ3n) is 3.59. The Morgan fingerprint density at radius 2 is 2.24 bits per heavy atom. The number of alkyl halides is 1. The lowest BCUT2D eigenvalue weighted by Gasteiger charge is -2.17. The van der Waals surface area contributed by atoms with Crippen molar-refractivity contribution in [1.29, 1.82) is 0 Å². The molecule has 1 aliphatic rings. The SMILES string of the molecule is CCCOc1cncc(C2CCC(Cl)C2C)c1. The molecule has 1 heterocycles. The average molecular weight is 254 g/mol. The maximum Gasteiger partial charge on any atom is 0.137 e. The standard InChI is InChI=1S/C14H20ClNO/c1-3-6-17-12-7-11(8-16-9-12)13-4-5-14(15)10(13)2/h7-10,13-14H,3-6H2,1-2H3. The molecule has 1 aliphatic carbocycles.